The third-order valence-electron chi connectivity index (χ3n) is 5.76. The largest absolute Gasteiger partial charge is 0.324 e. The molecule has 0 spiro atoms. The van der Waals surface area contributed by atoms with Crippen LogP contribution in [0.5, 0.6) is 0 Å². The summed E-state index contributed by atoms with van der Waals surface area (Å²) in [5.41, 5.74) is 1.29. The molecule has 0 aliphatic heterocycles. The predicted octanol–water partition coefficient (Wildman–Crippen LogP) is 4.85. The summed E-state index contributed by atoms with van der Waals surface area (Å²) in [5, 5.41) is 7.71. The molecule has 5 aromatic rings. The molecular weight excluding hydrogens is 457 g/mol. The van der Waals surface area contributed by atoms with Crippen molar-refractivity contribution in [1.29, 1.82) is 0 Å². The van der Waals surface area contributed by atoms with E-state index in [4.69, 9.17) is 0 Å². The fourth-order valence-corrected chi connectivity index (χ4v) is 4.12. The Morgan fingerprint density at radius 1 is 0.914 bits per heavy atom. The fourth-order valence-electron chi connectivity index (χ4n) is 4.12. The third-order valence-corrected chi connectivity index (χ3v) is 5.76. The Labute approximate surface area is 197 Å². The molecule has 0 unspecified atom stereocenters. The van der Waals surface area contributed by atoms with Gasteiger partial charge in [0.15, 0.2) is 0 Å². The van der Waals surface area contributed by atoms with Crippen molar-refractivity contribution in [1.82, 2.24) is 14.3 Å². The molecule has 6 nitrogen and oxygen atoms in total. The summed E-state index contributed by atoms with van der Waals surface area (Å²) in [6.45, 7) is 0.346. The highest BCUT2D eigenvalue weighted by atomic mass is 19.1. The first kappa shape index (κ1) is 22.4. The van der Waals surface area contributed by atoms with Gasteiger partial charge in [0, 0.05) is 24.4 Å². The van der Waals surface area contributed by atoms with Crippen LogP contribution in [-0.4, -0.2) is 20.3 Å². The SMILES string of the molecule is O=C(CCn1c(=O)c2cnn(Cc3ccccc3)c2c2ccc(F)cc21)Nc1ccc(F)cc1F. The number of amides is 1. The second-order valence-corrected chi connectivity index (χ2v) is 8.09. The van der Waals surface area contributed by atoms with E-state index in [-0.39, 0.29) is 18.7 Å². The summed E-state index contributed by atoms with van der Waals surface area (Å²) >= 11 is 0. The van der Waals surface area contributed by atoms with E-state index in [1.54, 1.807) is 10.7 Å². The van der Waals surface area contributed by atoms with Crippen LogP contribution in [0.15, 0.2) is 77.7 Å². The van der Waals surface area contributed by atoms with Crippen molar-refractivity contribution in [2.45, 2.75) is 19.5 Å². The fraction of sp³-hybridized carbons (Fsp3) is 0.115. The van der Waals surface area contributed by atoms with Crippen LogP contribution in [0.1, 0.15) is 12.0 Å². The zero-order valence-corrected chi connectivity index (χ0v) is 18.3. The number of benzene rings is 3. The molecule has 0 radical (unpaired) electrons. The number of fused-ring (bicyclic) bond motifs is 3. The normalized spacial score (nSPS) is 11.3. The lowest BCUT2D eigenvalue weighted by atomic mass is 10.1. The minimum atomic E-state index is -0.907. The van der Waals surface area contributed by atoms with Crippen LogP contribution in [-0.2, 0) is 17.9 Å². The monoisotopic (exact) mass is 476 g/mol. The lowest BCUT2D eigenvalue weighted by Gasteiger charge is -2.13. The average molecular weight is 476 g/mol. The van der Waals surface area contributed by atoms with E-state index in [2.05, 4.69) is 10.4 Å². The van der Waals surface area contributed by atoms with E-state index in [0.29, 0.717) is 34.4 Å². The Kier molecular flexibility index (Phi) is 5.82. The Hall–Kier alpha value is -4.40. The molecule has 0 atom stereocenters. The molecule has 0 bridgehead atoms. The highest BCUT2D eigenvalue weighted by Gasteiger charge is 2.17. The van der Waals surface area contributed by atoms with Crippen LogP contribution in [0.4, 0.5) is 18.9 Å². The number of hydrogen-bond acceptors (Lipinski definition) is 3. The molecule has 5 rings (SSSR count). The van der Waals surface area contributed by atoms with Gasteiger partial charge in [0.1, 0.15) is 17.5 Å². The van der Waals surface area contributed by atoms with E-state index in [1.165, 1.54) is 22.9 Å². The van der Waals surface area contributed by atoms with Gasteiger partial charge in [-0.15, -0.1) is 0 Å². The molecule has 1 amide bonds. The van der Waals surface area contributed by atoms with Crippen molar-refractivity contribution < 1.29 is 18.0 Å². The highest BCUT2D eigenvalue weighted by molar-refractivity contribution is 6.03. The molecule has 3 aromatic carbocycles. The van der Waals surface area contributed by atoms with Crippen molar-refractivity contribution >= 4 is 33.4 Å². The van der Waals surface area contributed by atoms with Crippen molar-refractivity contribution in [3.05, 3.63) is 106 Å². The van der Waals surface area contributed by atoms with Crippen molar-refractivity contribution in [3.8, 4) is 0 Å². The number of carbonyl (C=O) groups is 1. The van der Waals surface area contributed by atoms with Crippen LogP contribution in [0.2, 0.25) is 0 Å². The Bertz CT molecular complexity index is 1630. The number of pyridine rings is 1. The van der Waals surface area contributed by atoms with E-state index >= 15 is 0 Å². The number of halogens is 3. The Balaban J connectivity index is 1.50. The van der Waals surface area contributed by atoms with E-state index in [9.17, 15) is 22.8 Å². The number of rotatable bonds is 6. The van der Waals surface area contributed by atoms with E-state index in [1.807, 2.05) is 30.3 Å². The number of aryl methyl sites for hydroxylation is 1. The molecule has 2 heterocycles. The van der Waals surface area contributed by atoms with Crippen molar-refractivity contribution in [2.75, 3.05) is 5.32 Å². The minimum Gasteiger partial charge on any atom is -0.324 e. The topological polar surface area (TPSA) is 68.9 Å². The van der Waals surface area contributed by atoms with Gasteiger partial charge in [-0.25, -0.2) is 13.2 Å². The van der Waals surface area contributed by atoms with Crippen LogP contribution in [0.3, 0.4) is 0 Å². The van der Waals surface area contributed by atoms with Gasteiger partial charge in [0.05, 0.1) is 34.8 Å². The maximum Gasteiger partial charge on any atom is 0.262 e. The molecule has 2 aromatic heterocycles. The average Bonchev–Trinajstić information content (AvgIpc) is 3.25. The molecule has 9 heteroatoms. The highest BCUT2D eigenvalue weighted by Crippen LogP contribution is 2.25. The van der Waals surface area contributed by atoms with Crippen LogP contribution >= 0.6 is 0 Å². The van der Waals surface area contributed by atoms with E-state index < -0.39 is 28.9 Å². The predicted molar refractivity (Wildman–Crippen MR) is 127 cm³/mol. The molecule has 0 fully saturated rings. The van der Waals surface area contributed by atoms with Crippen molar-refractivity contribution in [2.24, 2.45) is 0 Å². The number of nitrogens with zero attached hydrogens (tertiary/aromatic N) is 3. The summed E-state index contributed by atoms with van der Waals surface area (Å²) in [6.07, 6.45) is 1.28. The molecular formula is C26H19F3N4O2. The minimum absolute atomic E-state index is 0.0762. The van der Waals surface area contributed by atoms with Crippen LogP contribution < -0.4 is 10.9 Å². The van der Waals surface area contributed by atoms with Gasteiger partial charge in [0.2, 0.25) is 5.91 Å². The first-order chi connectivity index (χ1) is 16.9. The molecule has 0 aliphatic rings. The maximum absolute atomic E-state index is 14.2. The van der Waals surface area contributed by atoms with Gasteiger partial charge in [-0.05, 0) is 35.9 Å². The third kappa shape index (κ3) is 4.40. The molecule has 176 valence electrons. The standard InChI is InChI=1S/C26H19F3N4O2/c27-17-7-9-22(21(29)12-17)31-24(34)10-11-32-23-13-18(28)6-8-19(23)25-20(26(32)35)14-30-33(25)15-16-4-2-1-3-5-16/h1-9,12-14H,10-11,15H2,(H,31,34). The number of hydrogen-bond donors (Lipinski definition) is 1. The summed E-state index contributed by atoms with van der Waals surface area (Å²) in [5.74, 6) is -2.78. The number of aromatic nitrogens is 3. The van der Waals surface area contributed by atoms with Crippen LogP contribution in [0, 0.1) is 17.5 Å². The summed E-state index contributed by atoms with van der Waals surface area (Å²) in [6, 6.07) is 16.5. The number of nitrogens with one attached hydrogen (secondary N) is 1. The lowest BCUT2D eigenvalue weighted by molar-refractivity contribution is -0.116. The second-order valence-electron chi connectivity index (χ2n) is 8.09. The zero-order chi connectivity index (χ0) is 24.5. The number of anilines is 1. The van der Waals surface area contributed by atoms with Gasteiger partial charge in [-0.3, -0.25) is 14.3 Å². The van der Waals surface area contributed by atoms with Gasteiger partial charge in [0.25, 0.3) is 5.56 Å². The Morgan fingerprint density at radius 2 is 1.66 bits per heavy atom. The summed E-state index contributed by atoms with van der Waals surface area (Å²) < 4.78 is 44.2. The second kappa shape index (κ2) is 9.09. The van der Waals surface area contributed by atoms with Gasteiger partial charge in [-0.2, -0.15) is 5.10 Å². The summed E-state index contributed by atoms with van der Waals surface area (Å²) in [7, 11) is 0. The maximum atomic E-state index is 14.2. The lowest BCUT2D eigenvalue weighted by Crippen LogP contribution is -2.24. The Morgan fingerprint density at radius 3 is 2.43 bits per heavy atom. The molecule has 0 saturated heterocycles. The van der Waals surface area contributed by atoms with Crippen molar-refractivity contribution in [3.63, 3.8) is 0 Å². The first-order valence-corrected chi connectivity index (χ1v) is 10.9. The van der Waals surface area contributed by atoms with Gasteiger partial charge in [-0.1, -0.05) is 30.3 Å². The zero-order valence-electron chi connectivity index (χ0n) is 18.3. The number of carbonyl (C=O) groups excluding carboxylic acids is 1. The molecule has 1 N–H and O–H groups in total. The molecule has 35 heavy (non-hydrogen) atoms. The molecule has 0 aliphatic carbocycles. The summed E-state index contributed by atoms with van der Waals surface area (Å²) in [4.78, 5) is 25.8. The quantitative estimate of drug-likeness (QED) is 0.381. The van der Waals surface area contributed by atoms with Crippen LogP contribution in [0.25, 0.3) is 21.8 Å². The first-order valence-electron chi connectivity index (χ1n) is 10.9. The van der Waals surface area contributed by atoms with E-state index in [0.717, 1.165) is 17.7 Å². The van der Waals surface area contributed by atoms with Gasteiger partial charge < -0.3 is 9.88 Å². The van der Waals surface area contributed by atoms with Gasteiger partial charge >= 0.3 is 0 Å². The smallest absolute Gasteiger partial charge is 0.262 e. The molecule has 0 saturated carbocycles.